The number of carbonyl (C=O) groups is 2. The lowest BCUT2D eigenvalue weighted by atomic mass is 10.2. The Bertz CT molecular complexity index is 506. The molecule has 0 spiro atoms. The zero-order chi connectivity index (χ0) is 14.5. The number of nitrogens with zero attached hydrogens (tertiary/aromatic N) is 1. The average Bonchev–Trinajstić information content (AvgIpc) is 2.88. The third kappa shape index (κ3) is 3.46. The molecule has 0 bridgehead atoms. The number of amides is 1. The Morgan fingerprint density at radius 3 is 2.95 bits per heavy atom. The van der Waals surface area contributed by atoms with Gasteiger partial charge in [0.15, 0.2) is 0 Å². The molecule has 1 aromatic rings. The Morgan fingerprint density at radius 1 is 1.45 bits per heavy atom. The van der Waals surface area contributed by atoms with Crippen LogP contribution in [-0.2, 0) is 9.59 Å². The number of hydrogen-bond donors (Lipinski definition) is 1. The van der Waals surface area contributed by atoms with Crippen molar-refractivity contribution in [3.63, 3.8) is 0 Å². The summed E-state index contributed by atoms with van der Waals surface area (Å²) < 4.78 is 18.2. The molecule has 2 rings (SSSR count). The van der Waals surface area contributed by atoms with E-state index in [1.165, 1.54) is 23.1 Å². The van der Waals surface area contributed by atoms with E-state index >= 15 is 0 Å². The molecule has 1 aromatic carbocycles. The first kappa shape index (κ1) is 14.3. The molecule has 5 nitrogen and oxygen atoms in total. The van der Waals surface area contributed by atoms with Crippen LogP contribution >= 0.6 is 0 Å². The lowest BCUT2D eigenvalue weighted by molar-refractivity contribution is -0.148. The first-order valence-electron chi connectivity index (χ1n) is 6.48. The van der Waals surface area contributed by atoms with Crippen molar-refractivity contribution >= 4 is 11.9 Å². The van der Waals surface area contributed by atoms with E-state index in [0.29, 0.717) is 25.1 Å². The molecule has 0 saturated carbocycles. The van der Waals surface area contributed by atoms with Crippen LogP contribution < -0.4 is 4.74 Å². The van der Waals surface area contributed by atoms with E-state index in [1.807, 2.05) is 0 Å². The number of hydrogen-bond acceptors (Lipinski definition) is 3. The highest BCUT2D eigenvalue weighted by Gasteiger charge is 2.33. The summed E-state index contributed by atoms with van der Waals surface area (Å²) in [5, 5.41) is 9.00. The number of carbonyl (C=O) groups excluding carboxylic acids is 1. The molecule has 1 saturated heterocycles. The topological polar surface area (TPSA) is 66.8 Å². The van der Waals surface area contributed by atoms with Gasteiger partial charge in [-0.05, 0) is 25.0 Å². The van der Waals surface area contributed by atoms with E-state index in [0.717, 1.165) is 0 Å². The minimum absolute atomic E-state index is 0.0836. The molecule has 0 aliphatic carbocycles. The van der Waals surface area contributed by atoms with Gasteiger partial charge in [-0.25, -0.2) is 9.18 Å². The molecule has 0 aromatic heterocycles. The molecule has 20 heavy (non-hydrogen) atoms. The van der Waals surface area contributed by atoms with Crippen molar-refractivity contribution in [1.82, 2.24) is 4.90 Å². The van der Waals surface area contributed by atoms with Gasteiger partial charge in [0, 0.05) is 12.6 Å². The summed E-state index contributed by atoms with van der Waals surface area (Å²) in [4.78, 5) is 24.3. The summed E-state index contributed by atoms with van der Waals surface area (Å²) in [6.07, 6.45) is 1.28. The molecular formula is C14H16FNO4. The summed E-state index contributed by atoms with van der Waals surface area (Å²) >= 11 is 0. The number of carboxylic acids is 1. The zero-order valence-corrected chi connectivity index (χ0v) is 10.9. The van der Waals surface area contributed by atoms with Gasteiger partial charge in [0.05, 0.1) is 13.0 Å². The van der Waals surface area contributed by atoms with E-state index in [4.69, 9.17) is 9.84 Å². The Kier molecular flexibility index (Phi) is 4.55. The standard InChI is InChI=1S/C14H16FNO4/c15-10-3-1-4-11(9-10)20-8-6-13(17)16-7-2-5-12(16)14(18)19/h1,3-4,9,12H,2,5-8H2,(H,18,19). The largest absolute Gasteiger partial charge is 0.493 e. The summed E-state index contributed by atoms with van der Waals surface area (Å²) in [7, 11) is 0. The predicted molar refractivity (Wildman–Crippen MR) is 68.9 cm³/mol. The molecule has 1 aliphatic rings. The van der Waals surface area contributed by atoms with E-state index in [9.17, 15) is 14.0 Å². The normalized spacial score (nSPS) is 18.1. The predicted octanol–water partition coefficient (Wildman–Crippen LogP) is 1.67. The second-order valence-electron chi connectivity index (χ2n) is 4.64. The highest BCUT2D eigenvalue weighted by molar-refractivity contribution is 5.84. The molecular weight excluding hydrogens is 265 g/mol. The summed E-state index contributed by atoms with van der Waals surface area (Å²) in [5.74, 6) is -1.26. The van der Waals surface area contributed by atoms with Crippen molar-refractivity contribution < 1.29 is 23.8 Å². The van der Waals surface area contributed by atoms with Crippen LogP contribution in [0.1, 0.15) is 19.3 Å². The van der Waals surface area contributed by atoms with Crippen LogP contribution in [0.25, 0.3) is 0 Å². The van der Waals surface area contributed by atoms with Gasteiger partial charge in [-0.15, -0.1) is 0 Å². The van der Waals surface area contributed by atoms with E-state index in [1.54, 1.807) is 6.07 Å². The SMILES string of the molecule is O=C(O)C1CCCN1C(=O)CCOc1cccc(F)c1. The minimum Gasteiger partial charge on any atom is -0.493 e. The lowest BCUT2D eigenvalue weighted by Crippen LogP contribution is -2.40. The molecule has 1 unspecified atom stereocenters. The monoisotopic (exact) mass is 281 g/mol. The van der Waals surface area contributed by atoms with Crippen molar-refractivity contribution in [2.45, 2.75) is 25.3 Å². The maximum absolute atomic E-state index is 12.9. The number of likely N-dealkylation sites (tertiary alicyclic amines) is 1. The van der Waals surface area contributed by atoms with Crippen molar-refractivity contribution in [3.8, 4) is 5.75 Å². The summed E-state index contributed by atoms with van der Waals surface area (Å²) in [6, 6.07) is 4.94. The molecule has 1 aliphatic heterocycles. The fourth-order valence-electron chi connectivity index (χ4n) is 2.28. The molecule has 0 radical (unpaired) electrons. The molecule has 1 fully saturated rings. The number of aliphatic carboxylic acids is 1. The van der Waals surface area contributed by atoms with Gasteiger partial charge in [-0.1, -0.05) is 6.07 Å². The third-order valence-corrected chi connectivity index (χ3v) is 3.24. The fraction of sp³-hybridized carbons (Fsp3) is 0.429. The van der Waals surface area contributed by atoms with Crippen LogP contribution in [0.4, 0.5) is 4.39 Å². The van der Waals surface area contributed by atoms with E-state index in [2.05, 4.69) is 0 Å². The van der Waals surface area contributed by atoms with Crippen LogP contribution in [0, 0.1) is 5.82 Å². The molecule has 1 heterocycles. The van der Waals surface area contributed by atoms with Crippen LogP contribution in [0.15, 0.2) is 24.3 Å². The van der Waals surface area contributed by atoms with Crippen LogP contribution in [-0.4, -0.2) is 41.1 Å². The Balaban J connectivity index is 1.82. The number of halogens is 1. The maximum atomic E-state index is 12.9. The van der Waals surface area contributed by atoms with E-state index in [-0.39, 0.29) is 18.9 Å². The van der Waals surface area contributed by atoms with Gasteiger partial charge in [-0.3, -0.25) is 4.79 Å². The van der Waals surface area contributed by atoms with Gasteiger partial charge in [0.1, 0.15) is 17.6 Å². The van der Waals surface area contributed by atoms with Crippen molar-refractivity contribution in [1.29, 1.82) is 0 Å². The van der Waals surface area contributed by atoms with Crippen molar-refractivity contribution in [2.75, 3.05) is 13.2 Å². The van der Waals surface area contributed by atoms with Gasteiger partial charge >= 0.3 is 5.97 Å². The zero-order valence-electron chi connectivity index (χ0n) is 10.9. The Hall–Kier alpha value is -2.11. The number of rotatable bonds is 5. The first-order valence-corrected chi connectivity index (χ1v) is 6.48. The molecule has 6 heteroatoms. The van der Waals surface area contributed by atoms with Gasteiger partial charge < -0.3 is 14.7 Å². The number of ether oxygens (including phenoxy) is 1. The Morgan fingerprint density at radius 2 is 2.25 bits per heavy atom. The average molecular weight is 281 g/mol. The fourth-order valence-corrected chi connectivity index (χ4v) is 2.28. The third-order valence-electron chi connectivity index (χ3n) is 3.24. The van der Waals surface area contributed by atoms with Gasteiger partial charge in [0.25, 0.3) is 0 Å². The van der Waals surface area contributed by atoms with Crippen LogP contribution in [0.5, 0.6) is 5.75 Å². The summed E-state index contributed by atoms with van der Waals surface area (Å²) in [5.41, 5.74) is 0. The maximum Gasteiger partial charge on any atom is 0.326 e. The molecule has 1 N–H and O–H groups in total. The minimum atomic E-state index is -0.970. The molecule has 1 amide bonds. The van der Waals surface area contributed by atoms with Crippen molar-refractivity contribution in [3.05, 3.63) is 30.1 Å². The molecule has 1 atom stereocenters. The van der Waals surface area contributed by atoms with Gasteiger partial charge in [-0.2, -0.15) is 0 Å². The summed E-state index contributed by atoms with van der Waals surface area (Å²) in [6.45, 7) is 0.570. The van der Waals surface area contributed by atoms with Gasteiger partial charge in [0.2, 0.25) is 5.91 Å². The molecule has 108 valence electrons. The lowest BCUT2D eigenvalue weighted by Gasteiger charge is -2.21. The smallest absolute Gasteiger partial charge is 0.326 e. The van der Waals surface area contributed by atoms with E-state index < -0.39 is 17.8 Å². The van der Waals surface area contributed by atoms with Crippen molar-refractivity contribution in [2.24, 2.45) is 0 Å². The Labute approximate surface area is 116 Å². The first-order chi connectivity index (χ1) is 9.58. The number of carboxylic acid groups (broad SMARTS) is 1. The highest BCUT2D eigenvalue weighted by atomic mass is 19.1. The number of benzene rings is 1. The second-order valence-corrected chi connectivity index (χ2v) is 4.64. The quantitative estimate of drug-likeness (QED) is 0.891. The van der Waals surface area contributed by atoms with Crippen LogP contribution in [0.3, 0.4) is 0 Å². The second kappa shape index (κ2) is 6.36. The van der Waals surface area contributed by atoms with Crippen LogP contribution in [0.2, 0.25) is 0 Å². The highest BCUT2D eigenvalue weighted by Crippen LogP contribution is 2.19.